The Morgan fingerprint density at radius 1 is 1.55 bits per heavy atom. The van der Waals surface area contributed by atoms with Crippen LogP contribution in [0, 0.1) is 10.1 Å². The van der Waals surface area contributed by atoms with Gasteiger partial charge in [0.25, 0.3) is 0 Å². The van der Waals surface area contributed by atoms with Gasteiger partial charge in [0.05, 0.1) is 0 Å². The summed E-state index contributed by atoms with van der Waals surface area (Å²) in [5.74, 6) is -1.48. The predicted octanol–water partition coefficient (Wildman–Crippen LogP) is 0.521. The first kappa shape index (κ1) is 16.0. The molecule has 0 aliphatic heterocycles. The zero-order valence-electron chi connectivity index (χ0n) is 10.5. The average molecular weight is 303 g/mol. The van der Waals surface area contributed by atoms with Crippen molar-refractivity contribution in [2.45, 2.75) is 30.7 Å². The first-order chi connectivity index (χ1) is 9.22. The molecule has 0 saturated heterocycles. The molecule has 10 heteroatoms. The van der Waals surface area contributed by atoms with E-state index in [1.54, 1.807) is 0 Å². The normalized spacial score (nSPS) is 12.8. The van der Waals surface area contributed by atoms with Crippen LogP contribution >= 0.6 is 0 Å². The number of carboxylic acid groups (broad SMARTS) is 1. The maximum atomic E-state index is 11.9. The summed E-state index contributed by atoms with van der Waals surface area (Å²) in [6, 6.07) is 1.47. The Balaban J connectivity index is 2.78. The van der Waals surface area contributed by atoms with Gasteiger partial charge in [0.1, 0.15) is 4.90 Å². The van der Waals surface area contributed by atoms with E-state index in [-0.39, 0.29) is 17.7 Å². The standard InChI is InChI=1S/C10H13N3O6S/c1-7(2-5-10(14)15)12-20(18,19)8-3-4-9(11-6-8)13(16)17/h3-4,6-7,12H,2,5H2,1H3,(H,14,15). The van der Waals surface area contributed by atoms with Gasteiger partial charge >= 0.3 is 11.8 Å². The van der Waals surface area contributed by atoms with E-state index in [9.17, 15) is 23.3 Å². The van der Waals surface area contributed by atoms with Crippen LogP contribution in [0.25, 0.3) is 0 Å². The van der Waals surface area contributed by atoms with Gasteiger partial charge in [-0.25, -0.2) is 13.1 Å². The van der Waals surface area contributed by atoms with Crippen molar-refractivity contribution in [2.24, 2.45) is 0 Å². The van der Waals surface area contributed by atoms with Crippen molar-refractivity contribution in [2.75, 3.05) is 0 Å². The number of pyridine rings is 1. The highest BCUT2D eigenvalue weighted by Gasteiger charge is 2.20. The van der Waals surface area contributed by atoms with Crippen LogP contribution < -0.4 is 4.72 Å². The third kappa shape index (κ3) is 4.55. The van der Waals surface area contributed by atoms with E-state index < -0.39 is 32.8 Å². The number of nitro groups is 1. The Morgan fingerprint density at radius 3 is 2.65 bits per heavy atom. The summed E-state index contributed by atoms with van der Waals surface area (Å²) < 4.78 is 26.1. The van der Waals surface area contributed by atoms with Crippen LogP contribution in [-0.4, -0.2) is 35.4 Å². The summed E-state index contributed by atoms with van der Waals surface area (Å²) in [7, 11) is -3.88. The lowest BCUT2D eigenvalue weighted by atomic mass is 10.2. The molecule has 0 aromatic carbocycles. The maximum absolute atomic E-state index is 11.9. The van der Waals surface area contributed by atoms with Gasteiger partial charge in [-0.3, -0.25) is 4.79 Å². The van der Waals surface area contributed by atoms with Gasteiger partial charge < -0.3 is 15.2 Å². The van der Waals surface area contributed by atoms with Crippen molar-refractivity contribution in [1.29, 1.82) is 0 Å². The fourth-order valence-electron chi connectivity index (χ4n) is 1.37. The minimum atomic E-state index is -3.88. The molecule has 0 saturated carbocycles. The minimum Gasteiger partial charge on any atom is -0.481 e. The van der Waals surface area contributed by atoms with Crippen LogP contribution in [0.5, 0.6) is 0 Å². The molecule has 1 atom stereocenters. The molecule has 1 aromatic rings. The second kappa shape index (κ2) is 6.39. The van der Waals surface area contributed by atoms with E-state index in [0.717, 1.165) is 18.3 Å². The van der Waals surface area contributed by atoms with Gasteiger partial charge in [-0.2, -0.15) is 0 Å². The number of nitrogens with zero attached hydrogens (tertiary/aromatic N) is 2. The Labute approximate surface area is 114 Å². The summed E-state index contributed by atoms with van der Waals surface area (Å²) in [5, 5.41) is 18.9. The highest BCUT2D eigenvalue weighted by atomic mass is 32.2. The van der Waals surface area contributed by atoms with E-state index in [1.807, 2.05) is 0 Å². The highest BCUT2D eigenvalue weighted by molar-refractivity contribution is 7.89. The molecule has 1 unspecified atom stereocenters. The average Bonchev–Trinajstić information content (AvgIpc) is 2.36. The number of carboxylic acids is 1. The minimum absolute atomic E-state index is 0.134. The van der Waals surface area contributed by atoms with Gasteiger partial charge in [-0.1, -0.05) is 0 Å². The molecule has 1 aromatic heterocycles. The van der Waals surface area contributed by atoms with Crippen molar-refractivity contribution in [3.63, 3.8) is 0 Å². The van der Waals surface area contributed by atoms with Gasteiger partial charge in [0.15, 0.2) is 6.20 Å². The van der Waals surface area contributed by atoms with Gasteiger partial charge in [0.2, 0.25) is 10.0 Å². The lowest BCUT2D eigenvalue weighted by Crippen LogP contribution is -2.33. The van der Waals surface area contributed by atoms with E-state index >= 15 is 0 Å². The molecule has 0 aliphatic rings. The third-order valence-electron chi connectivity index (χ3n) is 2.37. The van der Waals surface area contributed by atoms with Crippen molar-refractivity contribution in [3.8, 4) is 0 Å². The van der Waals surface area contributed by atoms with Crippen molar-refractivity contribution in [1.82, 2.24) is 9.71 Å². The van der Waals surface area contributed by atoms with Crippen molar-refractivity contribution in [3.05, 3.63) is 28.4 Å². The Hall–Kier alpha value is -2.07. The van der Waals surface area contributed by atoms with Crippen molar-refractivity contribution >= 4 is 21.8 Å². The summed E-state index contributed by atoms with van der Waals surface area (Å²) >= 11 is 0. The van der Waals surface area contributed by atoms with Gasteiger partial charge in [0, 0.05) is 18.5 Å². The van der Waals surface area contributed by atoms with Crippen LogP contribution in [-0.2, 0) is 14.8 Å². The van der Waals surface area contributed by atoms with Crippen LogP contribution in [0.15, 0.2) is 23.2 Å². The second-order valence-electron chi connectivity index (χ2n) is 4.06. The van der Waals surface area contributed by atoms with E-state index in [0.29, 0.717) is 0 Å². The zero-order valence-corrected chi connectivity index (χ0v) is 11.3. The Bertz CT molecular complexity index is 598. The number of aliphatic carboxylic acids is 1. The number of hydrogen-bond donors (Lipinski definition) is 2. The molecule has 110 valence electrons. The van der Waals surface area contributed by atoms with Crippen LogP contribution in [0.1, 0.15) is 19.8 Å². The van der Waals surface area contributed by atoms with Gasteiger partial charge in [-0.15, -0.1) is 0 Å². The lowest BCUT2D eigenvalue weighted by molar-refractivity contribution is -0.389. The second-order valence-corrected chi connectivity index (χ2v) is 5.78. The monoisotopic (exact) mass is 303 g/mol. The lowest BCUT2D eigenvalue weighted by Gasteiger charge is -2.12. The van der Waals surface area contributed by atoms with Crippen LogP contribution in [0.3, 0.4) is 0 Å². The molecule has 9 nitrogen and oxygen atoms in total. The van der Waals surface area contributed by atoms with Gasteiger partial charge in [-0.05, 0) is 29.3 Å². The summed E-state index contributed by atoms with van der Waals surface area (Å²) in [6.45, 7) is 1.53. The molecular weight excluding hydrogens is 290 g/mol. The number of rotatable bonds is 7. The number of sulfonamides is 1. The largest absolute Gasteiger partial charge is 0.481 e. The molecular formula is C10H13N3O6S. The molecule has 1 rings (SSSR count). The quantitative estimate of drug-likeness (QED) is 0.552. The number of nitrogens with one attached hydrogen (secondary N) is 1. The number of carbonyl (C=O) groups is 1. The summed E-state index contributed by atoms with van der Waals surface area (Å²) in [5.41, 5.74) is 0. The molecule has 0 radical (unpaired) electrons. The molecule has 20 heavy (non-hydrogen) atoms. The number of hydrogen-bond acceptors (Lipinski definition) is 6. The Kier molecular flexibility index (Phi) is 5.11. The maximum Gasteiger partial charge on any atom is 0.363 e. The zero-order chi connectivity index (χ0) is 15.3. The molecule has 0 fully saturated rings. The summed E-state index contributed by atoms with van der Waals surface area (Å²) in [4.78, 5) is 23.3. The molecule has 0 spiro atoms. The molecule has 1 heterocycles. The molecule has 0 aliphatic carbocycles. The fraction of sp³-hybridized carbons (Fsp3) is 0.400. The predicted molar refractivity (Wildman–Crippen MR) is 67.5 cm³/mol. The van der Waals surface area contributed by atoms with Crippen molar-refractivity contribution < 1.29 is 23.2 Å². The smallest absolute Gasteiger partial charge is 0.363 e. The fourth-order valence-corrected chi connectivity index (χ4v) is 2.59. The highest BCUT2D eigenvalue weighted by Crippen LogP contribution is 2.13. The molecule has 0 amide bonds. The Morgan fingerprint density at radius 2 is 2.20 bits per heavy atom. The molecule has 2 N–H and O–H groups in total. The van der Waals surface area contributed by atoms with E-state index in [4.69, 9.17) is 5.11 Å². The first-order valence-corrected chi connectivity index (χ1v) is 7.05. The third-order valence-corrected chi connectivity index (χ3v) is 3.94. The van der Waals surface area contributed by atoms with E-state index in [2.05, 4.69) is 9.71 Å². The number of aromatic nitrogens is 1. The van der Waals surface area contributed by atoms with Crippen LogP contribution in [0.2, 0.25) is 0 Å². The first-order valence-electron chi connectivity index (χ1n) is 5.57. The van der Waals surface area contributed by atoms with E-state index in [1.165, 1.54) is 6.92 Å². The molecule has 0 bridgehead atoms. The summed E-state index contributed by atoms with van der Waals surface area (Å²) in [6.07, 6.45) is 0.849. The van der Waals surface area contributed by atoms with Crippen LogP contribution in [0.4, 0.5) is 5.82 Å². The topological polar surface area (TPSA) is 140 Å². The SMILES string of the molecule is CC(CCC(=O)O)NS(=O)(=O)c1ccc([N+](=O)[O-])nc1.